The van der Waals surface area contributed by atoms with E-state index in [-0.39, 0.29) is 6.03 Å². The van der Waals surface area contributed by atoms with E-state index in [1.807, 2.05) is 17.0 Å². The minimum atomic E-state index is 0.0508. The average Bonchev–Trinajstić information content (AvgIpc) is 2.73. The molecule has 1 aliphatic heterocycles. The van der Waals surface area contributed by atoms with Gasteiger partial charge in [-0.25, -0.2) is 4.79 Å². The highest BCUT2D eigenvalue weighted by Gasteiger charge is 2.14. The summed E-state index contributed by atoms with van der Waals surface area (Å²) in [5, 5.41) is 2.99. The molecule has 5 heteroatoms. The van der Waals surface area contributed by atoms with Crippen molar-refractivity contribution in [3.63, 3.8) is 0 Å². The molecule has 0 aromatic carbocycles. The maximum atomic E-state index is 12.1. The number of rotatable bonds is 2. The van der Waals surface area contributed by atoms with Crippen LogP contribution in [0.5, 0.6) is 0 Å². The minimum absolute atomic E-state index is 0.0508. The van der Waals surface area contributed by atoms with Gasteiger partial charge >= 0.3 is 6.03 Å². The Bertz CT molecular complexity index is 493. The van der Waals surface area contributed by atoms with E-state index in [0.29, 0.717) is 13.1 Å². The molecule has 1 saturated heterocycles. The third kappa shape index (κ3) is 4.55. The highest BCUT2D eigenvalue weighted by molar-refractivity contribution is 7.12. The molecule has 2 amide bonds. The van der Waals surface area contributed by atoms with E-state index in [2.05, 4.69) is 17.2 Å². The number of thiophene rings is 1. The lowest BCUT2D eigenvalue weighted by molar-refractivity contribution is 0.199. The van der Waals surface area contributed by atoms with Gasteiger partial charge in [0.25, 0.3) is 0 Å². The number of nitrogens with one attached hydrogen (secondary N) is 1. The first-order chi connectivity index (χ1) is 9.79. The molecule has 4 nitrogen and oxygen atoms in total. The van der Waals surface area contributed by atoms with Gasteiger partial charge in [0.2, 0.25) is 0 Å². The number of urea groups is 1. The van der Waals surface area contributed by atoms with Gasteiger partial charge in [0.15, 0.2) is 0 Å². The summed E-state index contributed by atoms with van der Waals surface area (Å²) in [6.45, 7) is 2.70. The number of nitrogens with two attached hydrogens (primary N) is 1. The van der Waals surface area contributed by atoms with Crippen LogP contribution in [0, 0.1) is 11.8 Å². The van der Waals surface area contributed by atoms with E-state index in [9.17, 15) is 4.79 Å². The van der Waals surface area contributed by atoms with E-state index in [1.165, 1.54) is 12.8 Å². The molecule has 0 radical (unpaired) electrons. The second-order valence-corrected chi connectivity index (χ2v) is 6.00. The number of hydrogen-bond donors (Lipinski definition) is 2. The summed E-state index contributed by atoms with van der Waals surface area (Å²) in [4.78, 5) is 16.1. The Morgan fingerprint density at radius 3 is 2.75 bits per heavy atom. The van der Waals surface area contributed by atoms with E-state index in [0.717, 1.165) is 35.7 Å². The molecule has 20 heavy (non-hydrogen) atoms. The molecule has 1 aromatic rings. The van der Waals surface area contributed by atoms with Crippen molar-refractivity contribution in [2.75, 3.05) is 19.6 Å². The Labute approximate surface area is 124 Å². The molecule has 1 aromatic heterocycles. The Kier molecular flexibility index (Phi) is 5.90. The maximum Gasteiger partial charge on any atom is 0.317 e. The van der Waals surface area contributed by atoms with Crippen molar-refractivity contribution in [2.45, 2.75) is 32.2 Å². The van der Waals surface area contributed by atoms with Crippen molar-refractivity contribution in [2.24, 2.45) is 5.73 Å². The minimum Gasteiger partial charge on any atom is -0.333 e. The van der Waals surface area contributed by atoms with Gasteiger partial charge in [-0.2, -0.15) is 0 Å². The average molecular weight is 291 g/mol. The first-order valence-electron chi connectivity index (χ1n) is 7.10. The molecule has 0 bridgehead atoms. The van der Waals surface area contributed by atoms with Crippen LogP contribution in [0.1, 0.15) is 35.4 Å². The lowest BCUT2D eigenvalue weighted by atomic mass is 10.2. The van der Waals surface area contributed by atoms with Crippen LogP contribution >= 0.6 is 11.3 Å². The fraction of sp³-hybridized carbons (Fsp3) is 0.533. The molecule has 3 N–H and O–H groups in total. The van der Waals surface area contributed by atoms with E-state index < -0.39 is 0 Å². The van der Waals surface area contributed by atoms with Crippen LogP contribution in [0.4, 0.5) is 4.79 Å². The zero-order valence-corrected chi connectivity index (χ0v) is 12.5. The molecular weight excluding hydrogens is 270 g/mol. The number of likely N-dealkylation sites (tertiary alicyclic amines) is 1. The van der Waals surface area contributed by atoms with Gasteiger partial charge < -0.3 is 16.0 Å². The monoisotopic (exact) mass is 291 g/mol. The van der Waals surface area contributed by atoms with Crippen LogP contribution in [-0.2, 0) is 6.54 Å². The predicted octanol–water partition coefficient (Wildman–Crippen LogP) is 2.14. The largest absolute Gasteiger partial charge is 0.333 e. The normalized spacial score (nSPS) is 15.2. The SMILES string of the molecule is NCC#Cc1ccc(CNC(=O)N2CCCCCC2)s1. The fourth-order valence-corrected chi connectivity index (χ4v) is 3.05. The Balaban J connectivity index is 1.81. The summed E-state index contributed by atoms with van der Waals surface area (Å²) in [5.74, 6) is 5.84. The molecule has 0 spiro atoms. The van der Waals surface area contributed by atoms with Gasteiger partial charge in [-0.05, 0) is 25.0 Å². The summed E-state index contributed by atoms with van der Waals surface area (Å²) in [6.07, 6.45) is 4.70. The van der Waals surface area contributed by atoms with Gasteiger partial charge in [0.1, 0.15) is 0 Å². The van der Waals surface area contributed by atoms with Crippen molar-refractivity contribution in [1.29, 1.82) is 0 Å². The summed E-state index contributed by atoms with van der Waals surface area (Å²) in [5.41, 5.74) is 5.35. The zero-order chi connectivity index (χ0) is 14.2. The lowest BCUT2D eigenvalue weighted by Gasteiger charge is -2.20. The molecule has 2 heterocycles. The summed E-state index contributed by atoms with van der Waals surface area (Å²) >= 11 is 1.60. The van der Waals surface area contributed by atoms with Crippen molar-refractivity contribution in [1.82, 2.24) is 10.2 Å². The van der Waals surface area contributed by atoms with Crippen molar-refractivity contribution >= 4 is 17.4 Å². The first-order valence-corrected chi connectivity index (χ1v) is 7.91. The number of nitrogens with zero attached hydrogens (tertiary/aromatic N) is 1. The van der Waals surface area contributed by atoms with Crippen molar-refractivity contribution in [3.8, 4) is 11.8 Å². The van der Waals surface area contributed by atoms with Crippen LogP contribution < -0.4 is 11.1 Å². The molecule has 108 valence electrons. The highest BCUT2D eigenvalue weighted by Crippen LogP contribution is 2.15. The number of carbonyl (C=O) groups excluding carboxylic acids is 1. The number of carbonyl (C=O) groups is 1. The van der Waals surface area contributed by atoms with Crippen LogP contribution in [-0.4, -0.2) is 30.6 Å². The molecule has 2 rings (SSSR count). The highest BCUT2D eigenvalue weighted by atomic mass is 32.1. The van der Waals surface area contributed by atoms with Gasteiger partial charge in [-0.1, -0.05) is 24.7 Å². The second-order valence-electron chi connectivity index (χ2n) is 4.83. The summed E-state index contributed by atoms with van der Waals surface area (Å²) < 4.78 is 0. The van der Waals surface area contributed by atoms with E-state index in [1.54, 1.807) is 11.3 Å². The molecule has 1 aliphatic rings. The molecule has 0 saturated carbocycles. The lowest BCUT2D eigenvalue weighted by Crippen LogP contribution is -2.39. The van der Waals surface area contributed by atoms with Crippen LogP contribution in [0.25, 0.3) is 0 Å². The maximum absolute atomic E-state index is 12.1. The van der Waals surface area contributed by atoms with E-state index >= 15 is 0 Å². The van der Waals surface area contributed by atoms with Gasteiger partial charge in [-0.3, -0.25) is 0 Å². The Morgan fingerprint density at radius 2 is 2.05 bits per heavy atom. The number of amides is 2. The second kappa shape index (κ2) is 7.93. The van der Waals surface area contributed by atoms with Gasteiger partial charge in [-0.15, -0.1) is 11.3 Å². The van der Waals surface area contributed by atoms with Gasteiger partial charge in [0.05, 0.1) is 18.0 Å². The number of hydrogen-bond acceptors (Lipinski definition) is 3. The smallest absolute Gasteiger partial charge is 0.317 e. The van der Waals surface area contributed by atoms with Crippen molar-refractivity contribution in [3.05, 3.63) is 21.9 Å². The fourth-order valence-electron chi connectivity index (χ4n) is 2.23. The van der Waals surface area contributed by atoms with Gasteiger partial charge in [0, 0.05) is 18.0 Å². The van der Waals surface area contributed by atoms with Crippen molar-refractivity contribution < 1.29 is 4.79 Å². The Morgan fingerprint density at radius 1 is 1.30 bits per heavy atom. The molecular formula is C15H21N3OS. The van der Waals surface area contributed by atoms with Crippen LogP contribution in [0.15, 0.2) is 12.1 Å². The molecule has 0 atom stereocenters. The topological polar surface area (TPSA) is 58.4 Å². The van der Waals surface area contributed by atoms with Crippen LogP contribution in [0.3, 0.4) is 0 Å². The zero-order valence-electron chi connectivity index (χ0n) is 11.7. The predicted molar refractivity (Wildman–Crippen MR) is 82.5 cm³/mol. The quantitative estimate of drug-likeness (QED) is 0.820. The molecule has 1 fully saturated rings. The summed E-state index contributed by atoms with van der Waals surface area (Å²) in [7, 11) is 0. The first kappa shape index (κ1) is 14.9. The van der Waals surface area contributed by atoms with E-state index in [4.69, 9.17) is 5.73 Å². The third-order valence-corrected chi connectivity index (χ3v) is 4.28. The standard InChI is InChI=1S/C15H21N3OS/c16-9-5-6-13-7-8-14(20-13)12-17-15(19)18-10-3-1-2-4-11-18/h7-8H,1-4,9-12,16H2,(H,17,19). The Hall–Kier alpha value is -1.51. The molecule has 0 unspecified atom stereocenters. The summed E-state index contributed by atoms with van der Waals surface area (Å²) in [6, 6.07) is 4.03. The van der Waals surface area contributed by atoms with Crippen LogP contribution in [0.2, 0.25) is 0 Å². The third-order valence-electron chi connectivity index (χ3n) is 3.28. The molecule has 0 aliphatic carbocycles.